The molecule has 1 aliphatic rings. The van der Waals surface area contributed by atoms with E-state index in [1.165, 1.54) is 0 Å². The van der Waals surface area contributed by atoms with E-state index in [1.807, 2.05) is 37.3 Å². The summed E-state index contributed by atoms with van der Waals surface area (Å²) >= 11 is 0. The van der Waals surface area contributed by atoms with Crippen molar-refractivity contribution in [3.05, 3.63) is 42.0 Å². The van der Waals surface area contributed by atoms with E-state index < -0.39 is 0 Å². The maximum Gasteiger partial charge on any atom is 0.231 e. The molecule has 0 fully saturated rings. The molecule has 2 aromatic rings. The van der Waals surface area contributed by atoms with Crippen LogP contribution in [0.5, 0.6) is 17.2 Å². The summed E-state index contributed by atoms with van der Waals surface area (Å²) in [6.07, 6.45) is 0. The molecule has 3 rings (SSSR count). The van der Waals surface area contributed by atoms with Crippen molar-refractivity contribution in [2.45, 2.75) is 6.92 Å². The van der Waals surface area contributed by atoms with Gasteiger partial charge in [-0.1, -0.05) is 12.1 Å². The number of hydrogen-bond donors (Lipinski definition) is 1. The van der Waals surface area contributed by atoms with E-state index in [2.05, 4.69) is 0 Å². The largest absolute Gasteiger partial charge is 0.508 e. The lowest BCUT2D eigenvalue weighted by Crippen LogP contribution is -1.92. The van der Waals surface area contributed by atoms with Crippen molar-refractivity contribution < 1.29 is 14.6 Å². The molecule has 2 aromatic carbocycles. The fourth-order valence-corrected chi connectivity index (χ4v) is 1.91. The van der Waals surface area contributed by atoms with Gasteiger partial charge in [0, 0.05) is 0 Å². The molecule has 0 amide bonds. The van der Waals surface area contributed by atoms with Gasteiger partial charge < -0.3 is 14.6 Å². The Labute approximate surface area is 99.2 Å². The number of hydrogen-bond acceptors (Lipinski definition) is 3. The van der Waals surface area contributed by atoms with Gasteiger partial charge in [0.2, 0.25) is 6.79 Å². The lowest BCUT2D eigenvalue weighted by molar-refractivity contribution is 0.174. The van der Waals surface area contributed by atoms with Crippen LogP contribution in [-0.4, -0.2) is 11.9 Å². The predicted octanol–water partition coefficient (Wildman–Crippen LogP) is 3.10. The molecule has 3 nitrogen and oxygen atoms in total. The first-order valence-electron chi connectivity index (χ1n) is 5.44. The number of fused-ring (bicyclic) bond motifs is 1. The SMILES string of the molecule is Cc1cc(-c2ccc3c(c2)OCO3)ccc1O. The van der Waals surface area contributed by atoms with Crippen LogP contribution < -0.4 is 9.47 Å². The van der Waals surface area contributed by atoms with Crippen molar-refractivity contribution in [3.8, 4) is 28.4 Å². The molecule has 1 heterocycles. The third-order valence-corrected chi connectivity index (χ3v) is 2.90. The Hall–Kier alpha value is -2.16. The van der Waals surface area contributed by atoms with Gasteiger partial charge in [-0.15, -0.1) is 0 Å². The summed E-state index contributed by atoms with van der Waals surface area (Å²) in [6, 6.07) is 11.4. The first-order chi connectivity index (χ1) is 8.24. The highest BCUT2D eigenvalue weighted by Gasteiger charge is 2.13. The van der Waals surface area contributed by atoms with E-state index in [0.29, 0.717) is 5.75 Å². The lowest BCUT2D eigenvalue weighted by atomic mass is 10.0. The van der Waals surface area contributed by atoms with Crippen molar-refractivity contribution in [1.29, 1.82) is 0 Å². The topological polar surface area (TPSA) is 38.7 Å². The van der Waals surface area contributed by atoms with Gasteiger partial charge in [0.15, 0.2) is 11.5 Å². The Morgan fingerprint density at radius 3 is 2.47 bits per heavy atom. The number of rotatable bonds is 1. The van der Waals surface area contributed by atoms with Gasteiger partial charge in [0.05, 0.1) is 0 Å². The number of benzene rings is 2. The highest BCUT2D eigenvalue weighted by atomic mass is 16.7. The first-order valence-corrected chi connectivity index (χ1v) is 5.44. The van der Waals surface area contributed by atoms with Gasteiger partial charge >= 0.3 is 0 Å². The standard InChI is InChI=1S/C14H12O3/c1-9-6-10(2-4-12(9)15)11-3-5-13-14(7-11)17-8-16-13/h2-7,15H,8H2,1H3. The molecule has 0 aromatic heterocycles. The molecule has 0 saturated heterocycles. The van der Waals surface area contributed by atoms with E-state index in [1.54, 1.807) is 6.07 Å². The van der Waals surface area contributed by atoms with Crippen LogP contribution in [0.15, 0.2) is 36.4 Å². The molecule has 0 atom stereocenters. The average molecular weight is 228 g/mol. The van der Waals surface area contributed by atoms with Gasteiger partial charge in [-0.3, -0.25) is 0 Å². The zero-order chi connectivity index (χ0) is 11.8. The van der Waals surface area contributed by atoms with Crippen LogP contribution in [0.4, 0.5) is 0 Å². The molecule has 86 valence electrons. The van der Waals surface area contributed by atoms with Crippen LogP contribution in [0.1, 0.15) is 5.56 Å². The van der Waals surface area contributed by atoms with Crippen LogP contribution in [0.3, 0.4) is 0 Å². The Morgan fingerprint density at radius 2 is 1.65 bits per heavy atom. The molecule has 1 N–H and O–H groups in total. The normalized spacial score (nSPS) is 12.8. The Kier molecular flexibility index (Phi) is 2.18. The first kappa shape index (κ1) is 10.0. The van der Waals surface area contributed by atoms with E-state index >= 15 is 0 Å². The van der Waals surface area contributed by atoms with Gasteiger partial charge in [-0.2, -0.15) is 0 Å². The zero-order valence-electron chi connectivity index (χ0n) is 9.43. The molecule has 0 aliphatic carbocycles. The fourth-order valence-electron chi connectivity index (χ4n) is 1.91. The van der Waals surface area contributed by atoms with Gasteiger partial charge in [0.1, 0.15) is 5.75 Å². The van der Waals surface area contributed by atoms with Crippen LogP contribution in [-0.2, 0) is 0 Å². The number of phenols is 1. The number of ether oxygens (including phenoxy) is 2. The summed E-state index contributed by atoms with van der Waals surface area (Å²) in [4.78, 5) is 0. The molecular formula is C14H12O3. The average Bonchev–Trinajstić information content (AvgIpc) is 2.79. The maximum absolute atomic E-state index is 9.50. The van der Waals surface area contributed by atoms with Gasteiger partial charge in [0.25, 0.3) is 0 Å². The van der Waals surface area contributed by atoms with Crippen molar-refractivity contribution in [3.63, 3.8) is 0 Å². The molecule has 17 heavy (non-hydrogen) atoms. The number of aryl methyl sites for hydroxylation is 1. The Bertz CT molecular complexity index is 576. The molecule has 0 radical (unpaired) electrons. The number of aromatic hydroxyl groups is 1. The molecular weight excluding hydrogens is 216 g/mol. The van der Waals surface area contributed by atoms with Gasteiger partial charge in [-0.25, -0.2) is 0 Å². The van der Waals surface area contributed by atoms with E-state index in [0.717, 1.165) is 28.2 Å². The highest BCUT2D eigenvalue weighted by Crippen LogP contribution is 2.36. The quantitative estimate of drug-likeness (QED) is 0.815. The smallest absolute Gasteiger partial charge is 0.231 e. The molecule has 0 unspecified atom stereocenters. The molecule has 0 bridgehead atoms. The monoisotopic (exact) mass is 228 g/mol. The van der Waals surface area contributed by atoms with Crippen molar-refractivity contribution in [2.75, 3.05) is 6.79 Å². The maximum atomic E-state index is 9.50. The summed E-state index contributed by atoms with van der Waals surface area (Å²) in [5, 5.41) is 9.50. The van der Waals surface area contributed by atoms with Crippen molar-refractivity contribution in [1.82, 2.24) is 0 Å². The van der Waals surface area contributed by atoms with E-state index in [4.69, 9.17) is 9.47 Å². The van der Waals surface area contributed by atoms with Crippen molar-refractivity contribution in [2.24, 2.45) is 0 Å². The van der Waals surface area contributed by atoms with Crippen LogP contribution >= 0.6 is 0 Å². The minimum absolute atomic E-state index is 0.285. The Morgan fingerprint density at radius 1 is 0.941 bits per heavy atom. The second-order valence-electron chi connectivity index (χ2n) is 4.07. The summed E-state index contributed by atoms with van der Waals surface area (Å²) in [7, 11) is 0. The minimum atomic E-state index is 0.285. The van der Waals surface area contributed by atoms with Crippen LogP contribution in [0.2, 0.25) is 0 Å². The lowest BCUT2D eigenvalue weighted by Gasteiger charge is -2.05. The van der Waals surface area contributed by atoms with Gasteiger partial charge in [-0.05, 0) is 47.9 Å². The van der Waals surface area contributed by atoms with E-state index in [9.17, 15) is 5.11 Å². The summed E-state index contributed by atoms with van der Waals surface area (Å²) in [5.41, 5.74) is 2.97. The van der Waals surface area contributed by atoms with Crippen LogP contribution in [0.25, 0.3) is 11.1 Å². The second kappa shape index (κ2) is 3.70. The molecule has 1 aliphatic heterocycles. The predicted molar refractivity (Wildman–Crippen MR) is 64.4 cm³/mol. The number of phenolic OH excluding ortho intramolecular Hbond substituents is 1. The van der Waals surface area contributed by atoms with Crippen molar-refractivity contribution >= 4 is 0 Å². The molecule has 0 saturated carbocycles. The minimum Gasteiger partial charge on any atom is -0.508 e. The van der Waals surface area contributed by atoms with Crippen LogP contribution in [0, 0.1) is 6.92 Å². The summed E-state index contributed by atoms with van der Waals surface area (Å²) in [6.45, 7) is 2.17. The molecule has 3 heteroatoms. The second-order valence-corrected chi connectivity index (χ2v) is 4.07. The Balaban J connectivity index is 2.06. The third kappa shape index (κ3) is 1.69. The highest BCUT2D eigenvalue weighted by molar-refractivity contribution is 5.69. The zero-order valence-corrected chi connectivity index (χ0v) is 9.43. The fraction of sp³-hybridized carbons (Fsp3) is 0.143. The summed E-state index contributed by atoms with van der Waals surface area (Å²) in [5.74, 6) is 1.87. The van der Waals surface area contributed by atoms with E-state index in [-0.39, 0.29) is 6.79 Å². The molecule has 0 spiro atoms. The summed E-state index contributed by atoms with van der Waals surface area (Å²) < 4.78 is 10.6. The third-order valence-electron chi connectivity index (χ3n) is 2.90.